The van der Waals surface area contributed by atoms with Crippen LogP contribution in [0.15, 0.2) is 24.3 Å². The van der Waals surface area contributed by atoms with Crippen LogP contribution in [0, 0.1) is 0 Å². The van der Waals surface area contributed by atoms with Crippen molar-refractivity contribution < 1.29 is 4.74 Å². The van der Waals surface area contributed by atoms with Gasteiger partial charge in [-0.3, -0.25) is 0 Å². The Hall–Kier alpha value is -1.02. The first kappa shape index (κ1) is 13.0. The van der Waals surface area contributed by atoms with Crippen LogP contribution in [0.2, 0.25) is 0 Å². The molecule has 0 saturated carbocycles. The van der Waals surface area contributed by atoms with Crippen LogP contribution in [-0.4, -0.2) is 12.6 Å². The standard InChI is InChI=1S/C14H23NO/c1-4-11(3)12-6-8-14(9-7-12)16-13(5-2)10-15/h6-9,11,13H,4-5,10,15H2,1-3H3. The van der Waals surface area contributed by atoms with Gasteiger partial charge in [0.15, 0.2) is 0 Å². The summed E-state index contributed by atoms with van der Waals surface area (Å²) in [4.78, 5) is 0. The first-order valence-electron chi connectivity index (χ1n) is 6.17. The number of rotatable bonds is 6. The van der Waals surface area contributed by atoms with Crippen LogP contribution in [0.5, 0.6) is 5.75 Å². The molecule has 0 radical (unpaired) electrons. The SMILES string of the molecule is CCC(CN)Oc1ccc(C(C)CC)cc1. The van der Waals surface area contributed by atoms with E-state index in [2.05, 4.69) is 32.9 Å². The first-order chi connectivity index (χ1) is 7.71. The molecule has 0 bridgehead atoms. The zero-order chi connectivity index (χ0) is 12.0. The van der Waals surface area contributed by atoms with Crippen molar-refractivity contribution in [2.45, 2.75) is 45.6 Å². The fraction of sp³-hybridized carbons (Fsp3) is 0.571. The molecule has 0 aliphatic rings. The Labute approximate surface area is 98.8 Å². The maximum Gasteiger partial charge on any atom is 0.119 e. The van der Waals surface area contributed by atoms with Crippen molar-refractivity contribution >= 4 is 0 Å². The van der Waals surface area contributed by atoms with Gasteiger partial charge >= 0.3 is 0 Å². The molecule has 2 N–H and O–H groups in total. The highest BCUT2D eigenvalue weighted by Gasteiger charge is 2.06. The van der Waals surface area contributed by atoms with E-state index >= 15 is 0 Å². The quantitative estimate of drug-likeness (QED) is 0.799. The highest BCUT2D eigenvalue weighted by Crippen LogP contribution is 2.22. The summed E-state index contributed by atoms with van der Waals surface area (Å²) in [5, 5.41) is 0. The van der Waals surface area contributed by atoms with E-state index in [1.807, 2.05) is 12.1 Å². The van der Waals surface area contributed by atoms with E-state index in [1.165, 1.54) is 12.0 Å². The normalized spacial score (nSPS) is 14.5. The van der Waals surface area contributed by atoms with Crippen molar-refractivity contribution in [1.82, 2.24) is 0 Å². The molecule has 0 saturated heterocycles. The van der Waals surface area contributed by atoms with E-state index in [-0.39, 0.29) is 6.10 Å². The van der Waals surface area contributed by atoms with Crippen LogP contribution in [0.1, 0.15) is 45.1 Å². The molecule has 0 fully saturated rings. The van der Waals surface area contributed by atoms with Crippen LogP contribution in [0.25, 0.3) is 0 Å². The van der Waals surface area contributed by atoms with Crippen molar-refractivity contribution in [2.75, 3.05) is 6.54 Å². The molecular formula is C14H23NO. The number of hydrogen-bond donors (Lipinski definition) is 1. The Balaban J connectivity index is 2.64. The Morgan fingerprint density at radius 3 is 2.19 bits per heavy atom. The van der Waals surface area contributed by atoms with Crippen molar-refractivity contribution in [3.8, 4) is 5.75 Å². The second-order valence-corrected chi connectivity index (χ2v) is 4.26. The summed E-state index contributed by atoms with van der Waals surface area (Å²) in [7, 11) is 0. The summed E-state index contributed by atoms with van der Waals surface area (Å²) in [6.07, 6.45) is 2.25. The van der Waals surface area contributed by atoms with Gasteiger partial charge < -0.3 is 10.5 Å². The average Bonchev–Trinajstić information content (AvgIpc) is 2.35. The summed E-state index contributed by atoms with van der Waals surface area (Å²) in [6, 6.07) is 8.37. The zero-order valence-electron chi connectivity index (χ0n) is 10.6. The molecule has 1 rings (SSSR count). The molecule has 2 atom stereocenters. The largest absolute Gasteiger partial charge is 0.489 e. The summed E-state index contributed by atoms with van der Waals surface area (Å²) < 4.78 is 5.76. The summed E-state index contributed by atoms with van der Waals surface area (Å²) in [5.41, 5.74) is 6.98. The van der Waals surface area contributed by atoms with Crippen molar-refractivity contribution in [3.05, 3.63) is 29.8 Å². The van der Waals surface area contributed by atoms with Gasteiger partial charge in [0.25, 0.3) is 0 Å². The van der Waals surface area contributed by atoms with Gasteiger partial charge in [-0.1, -0.05) is 32.9 Å². The zero-order valence-corrected chi connectivity index (χ0v) is 10.6. The Morgan fingerprint density at radius 2 is 1.75 bits per heavy atom. The van der Waals surface area contributed by atoms with Gasteiger partial charge in [0, 0.05) is 6.54 Å². The monoisotopic (exact) mass is 221 g/mol. The van der Waals surface area contributed by atoms with Crippen molar-refractivity contribution in [1.29, 1.82) is 0 Å². The molecular weight excluding hydrogens is 198 g/mol. The molecule has 1 aromatic rings. The predicted molar refractivity (Wildman–Crippen MR) is 68.9 cm³/mol. The molecule has 0 aliphatic heterocycles. The van der Waals surface area contributed by atoms with Crippen LogP contribution < -0.4 is 10.5 Å². The van der Waals surface area contributed by atoms with Crippen LogP contribution >= 0.6 is 0 Å². The minimum absolute atomic E-state index is 0.134. The third-order valence-electron chi connectivity index (χ3n) is 3.08. The molecule has 2 heteroatoms. The third-order valence-corrected chi connectivity index (χ3v) is 3.08. The molecule has 0 aromatic heterocycles. The van der Waals surface area contributed by atoms with Gasteiger partial charge in [-0.15, -0.1) is 0 Å². The van der Waals surface area contributed by atoms with Gasteiger partial charge in [0.2, 0.25) is 0 Å². The lowest BCUT2D eigenvalue weighted by Gasteiger charge is -2.16. The van der Waals surface area contributed by atoms with E-state index in [9.17, 15) is 0 Å². The Bertz CT molecular complexity index is 290. The lowest BCUT2D eigenvalue weighted by atomic mass is 9.99. The maximum absolute atomic E-state index is 5.76. The molecule has 16 heavy (non-hydrogen) atoms. The first-order valence-corrected chi connectivity index (χ1v) is 6.17. The lowest BCUT2D eigenvalue weighted by molar-refractivity contribution is 0.205. The minimum atomic E-state index is 0.134. The molecule has 0 amide bonds. The van der Waals surface area contributed by atoms with Crippen LogP contribution in [0.3, 0.4) is 0 Å². The molecule has 0 spiro atoms. The van der Waals surface area contributed by atoms with Gasteiger partial charge in [-0.05, 0) is 36.5 Å². The maximum atomic E-state index is 5.76. The third kappa shape index (κ3) is 3.53. The van der Waals surface area contributed by atoms with Crippen LogP contribution in [0.4, 0.5) is 0 Å². The van der Waals surface area contributed by atoms with Gasteiger partial charge in [0.1, 0.15) is 11.9 Å². The number of nitrogens with two attached hydrogens (primary N) is 1. The van der Waals surface area contributed by atoms with Crippen molar-refractivity contribution in [3.63, 3.8) is 0 Å². The van der Waals surface area contributed by atoms with Gasteiger partial charge in [-0.2, -0.15) is 0 Å². The second-order valence-electron chi connectivity index (χ2n) is 4.26. The van der Waals surface area contributed by atoms with E-state index in [1.54, 1.807) is 0 Å². The highest BCUT2D eigenvalue weighted by atomic mass is 16.5. The van der Waals surface area contributed by atoms with Crippen molar-refractivity contribution in [2.24, 2.45) is 5.73 Å². The number of hydrogen-bond acceptors (Lipinski definition) is 2. The predicted octanol–water partition coefficient (Wildman–Crippen LogP) is 3.32. The van der Waals surface area contributed by atoms with E-state index in [4.69, 9.17) is 10.5 Å². The summed E-state index contributed by atoms with van der Waals surface area (Å²) in [5.74, 6) is 1.54. The molecule has 90 valence electrons. The van der Waals surface area contributed by atoms with E-state index in [0.29, 0.717) is 12.5 Å². The number of benzene rings is 1. The molecule has 2 nitrogen and oxygen atoms in total. The summed E-state index contributed by atoms with van der Waals surface area (Å²) >= 11 is 0. The fourth-order valence-electron chi connectivity index (χ4n) is 1.60. The highest BCUT2D eigenvalue weighted by molar-refractivity contribution is 5.29. The van der Waals surface area contributed by atoms with Crippen LogP contribution in [-0.2, 0) is 0 Å². The lowest BCUT2D eigenvalue weighted by Crippen LogP contribution is -2.25. The average molecular weight is 221 g/mol. The molecule has 1 aromatic carbocycles. The Kier molecular flexibility index (Phi) is 5.33. The minimum Gasteiger partial charge on any atom is -0.489 e. The molecule has 0 heterocycles. The fourth-order valence-corrected chi connectivity index (χ4v) is 1.60. The molecule has 2 unspecified atom stereocenters. The number of ether oxygens (including phenoxy) is 1. The molecule has 0 aliphatic carbocycles. The smallest absolute Gasteiger partial charge is 0.119 e. The second kappa shape index (κ2) is 6.54. The van der Waals surface area contributed by atoms with Gasteiger partial charge in [-0.25, -0.2) is 0 Å². The van der Waals surface area contributed by atoms with Gasteiger partial charge in [0.05, 0.1) is 0 Å². The van der Waals surface area contributed by atoms with E-state index in [0.717, 1.165) is 12.2 Å². The summed E-state index contributed by atoms with van der Waals surface area (Å²) in [6.45, 7) is 7.11. The topological polar surface area (TPSA) is 35.2 Å². The Morgan fingerprint density at radius 1 is 1.12 bits per heavy atom. The van der Waals surface area contributed by atoms with E-state index < -0.39 is 0 Å².